The van der Waals surface area contributed by atoms with Gasteiger partial charge in [-0.15, -0.1) is 30.3 Å². The van der Waals surface area contributed by atoms with Crippen LogP contribution in [-0.2, 0) is 40.1 Å². The number of rotatable bonds is 21. The van der Waals surface area contributed by atoms with Gasteiger partial charge in [-0.1, -0.05) is 12.1 Å². The van der Waals surface area contributed by atoms with Crippen LogP contribution in [0.4, 0.5) is 0 Å². The number of esters is 2. The molecule has 1 N–H and O–H groups in total. The Hall–Kier alpha value is -4.77. The lowest BCUT2D eigenvalue weighted by Gasteiger charge is -2.18. The molecule has 0 saturated heterocycles. The quantitative estimate of drug-likeness (QED) is 0.0729. The summed E-state index contributed by atoms with van der Waals surface area (Å²) in [4.78, 5) is 79.6. The van der Waals surface area contributed by atoms with Crippen molar-refractivity contribution < 1.29 is 53.6 Å². The van der Waals surface area contributed by atoms with E-state index in [1.165, 1.54) is 12.1 Å². The van der Waals surface area contributed by atoms with E-state index >= 15 is 0 Å². The maximum absolute atomic E-state index is 12.6. The first-order valence-corrected chi connectivity index (χ1v) is 11.6. The maximum atomic E-state index is 12.6. The second kappa shape index (κ2) is 18.5. The second-order valence-corrected chi connectivity index (χ2v) is 7.69. The molecule has 216 valence electrons. The smallest absolute Gasteiger partial charge is 0.328 e. The molecule has 0 aliphatic rings. The summed E-state index contributed by atoms with van der Waals surface area (Å²) in [6.45, 7) is -0.796. The average Bonchev–Trinajstić information content (AvgIpc) is 2.86. The fraction of sp³-hybridized carbons (Fsp3) is 0.571. The Morgan fingerprint density at radius 1 is 0.744 bits per heavy atom. The van der Waals surface area contributed by atoms with E-state index in [4.69, 9.17) is 9.47 Å². The van der Waals surface area contributed by atoms with Gasteiger partial charge in [-0.05, 0) is 43.4 Å². The molecule has 1 amide bonds. The molecule has 0 spiro atoms. The zero-order chi connectivity index (χ0) is 29.0. The third-order valence-corrected chi connectivity index (χ3v) is 4.66. The van der Waals surface area contributed by atoms with E-state index in [1.807, 2.05) is 0 Å². The highest BCUT2D eigenvalue weighted by Crippen LogP contribution is 2.15. The zero-order valence-corrected chi connectivity index (χ0v) is 20.7. The molecular weight excluding hydrogens is 532 g/mol. The number of nitrogens with one attached hydrogen (secondary N) is 1. The van der Waals surface area contributed by atoms with Crippen LogP contribution in [0.2, 0.25) is 0 Å². The molecule has 39 heavy (non-hydrogen) atoms. The van der Waals surface area contributed by atoms with Gasteiger partial charge >= 0.3 is 11.9 Å². The number of carbonyl (C=O) groups excluding carboxylic acids is 3. The predicted molar refractivity (Wildman–Crippen MR) is 125 cm³/mol. The van der Waals surface area contributed by atoms with Crippen molar-refractivity contribution in [1.29, 1.82) is 0 Å². The Kier molecular flexibility index (Phi) is 15.3. The zero-order valence-electron chi connectivity index (χ0n) is 20.7. The highest BCUT2D eigenvalue weighted by atomic mass is 17.0. The van der Waals surface area contributed by atoms with Crippen LogP contribution in [0.5, 0.6) is 5.75 Å². The van der Waals surface area contributed by atoms with E-state index in [2.05, 4.69) is 19.8 Å². The highest BCUT2D eigenvalue weighted by Gasteiger charge is 2.23. The second-order valence-electron chi connectivity index (χ2n) is 7.69. The molecule has 0 heterocycles. The van der Waals surface area contributed by atoms with Crippen molar-refractivity contribution in [3.05, 3.63) is 60.2 Å². The molecule has 0 aliphatic heterocycles. The van der Waals surface area contributed by atoms with Gasteiger partial charge in [0.05, 0.1) is 26.4 Å². The van der Waals surface area contributed by atoms with Crippen LogP contribution >= 0.6 is 0 Å². The van der Waals surface area contributed by atoms with E-state index < -0.39 is 39.1 Å². The monoisotopic (exact) mass is 560 g/mol. The lowest BCUT2D eigenvalue weighted by atomic mass is 10.1. The molecule has 1 aromatic rings. The molecule has 0 radical (unpaired) electrons. The Morgan fingerprint density at radius 2 is 1.26 bits per heavy atom. The van der Waals surface area contributed by atoms with E-state index in [1.54, 1.807) is 12.1 Å². The molecule has 0 aliphatic carbocycles. The van der Waals surface area contributed by atoms with Crippen molar-refractivity contribution >= 4 is 17.8 Å². The summed E-state index contributed by atoms with van der Waals surface area (Å²) in [6, 6.07) is 4.87. The molecule has 1 aromatic carbocycles. The van der Waals surface area contributed by atoms with Crippen molar-refractivity contribution in [2.75, 3.05) is 26.4 Å². The third-order valence-electron chi connectivity index (χ3n) is 4.66. The molecule has 0 fully saturated rings. The number of nitrogens with zero attached hydrogens (tertiary/aromatic N) is 3. The minimum atomic E-state index is -1.13. The summed E-state index contributed by atoms with van der Waals surface area (Å²) in [5, 5.41) is 30.1. The van der Waals surface area contributed by atoms with Crippen LogP contribution < -0.4 is 10.1 Å². The Bertz CT molecular complexity index is 972. The van der Waals surface area contributed by atoms with Crippen LogP contribution in [0.3, 0.4) is 0 Å². The van der Waals surface area contributed by atoms with Crippen molar-refractivity contribution in [2.45, 2.75) is 51.0 Å². The number of benzene rings is 1. The molecule has 1 unspecified atom stereocenters. The number of amides is 1. The molecule has 0 saturated carbocycles. The van der Waals surface area contributed by atoms with E-state index in [-0.39, 0.29) is 77.1 Å². The number of hydrogen-bond donors (Lipinski definition) is 1. The summed E-state index contributed by atoms with van der Waals surface area (Å²) >= 11 is 0. The van der Waals surface area contributed by atoms with Crippen LogP contribution in [-0.4, -0.2) is 65.6 Å². The van der Waals surface area contributed by atoms with E-state index in [0.29, 0.717) is 5.56 Å². The minimum absolute atomic E-state index is 0.00708. The van der Waals surface area contributed by atoms with E-state index in [9.17, 15) is 44.7 Å². The van der Waals surface area contributed by atoms with Gasteiger partial charge in [0, 0.05) is 19.3 Å². The molecule has 18 heteroatoms. The van der Waals surface area contributed by atoms with Crippen LogP contribution in [0, 0.1) is 30.3 Å². The van der Waals surface area contributed by atoms with Crippen LogP contribution in [0.15, 0.2) is 24.3 Å². The normalized spacial score (nSPS) is 11.0. The summed E-state index contributed by atoms with van der Waals surface area (Å²) < 4.78 is 10.3. The van der Waals surface area contributed by atoms with Gasteiger partial charge in [-0.3, -0.25) is 9.59 Å². The lowest BCUT2D eigenvalue weighted by Crippen LogP contribution is -2.43. The van der Waals surface area contributed by atoms with Crippen molar-refractivity contribution in [2.24, 2.45) is 0 Å². The average molecular weight is 560 g/mol. The highest BCUT2D eigenvalue weighted by molar-refractivity contribution is 5.84. The first kappa shape index (κ1) is 32.3. The number of carbonyl (C=O) groups is 3. The summed E-state index contributed by atoms with van der Waals surface area (Å²) in [7, 11) is 0. The van der Waals surface area contributed by atoms with Gasteiger partial charge in [0.1, 0.15) is 11.8 Å². The molecule has 1 atom stereocenters. The molecule has 0 aromatic heterocycles. The standard InChI is InChI=1S/C21H28N4O14/c26-19(5-3-13-37-24(31)32)22-18(21(28)35-11-1-2-12-36-23(29)30)15-16-7-9-17(10-8-16)39-20(27)6-4-14-38-25(33)34/h7-10,18H,1-6,11-15H2,(H,22,26). The minimum Gasteiger partial charge on any atom is -0.464 e. The Balaban J connectivity index is 2.66. The number of ether oxygens (including phenoxy) is 2. The van der Waals surface area contributed by atoms with Gasteiger partial charge in [0.25, 0.3) is 15.3 Å². The summed E-state index contributed by atoms with van der Waals surface area (Å²) in [5.74, 6) is -1.79. The van der Waals surface area contributed by atoms with Crippen molar-refractivity contribution in [1.82, 2.24) is 5.32 Å². The van der Waals surface area contributed by atoms with Gasteiger partial charge in [0.15, 0.2) is 0 Å². The van der Waals surface area contributed by atoms with E-state index in [0.717, 1.165) is 0 Å². The number of hydrogen-bond acceptors (Lipinski definition) is 14. The van der Waals surface area contributed by atoms with Crippen LogP contribution in [0.1, 0.15) is 44.1 Å². The first-order valence-electron chi connectivity index (χ1n) is 11.6. The van der Waals surface area contributed by atoms with Gasteiger partial charge in [-0.25, -0.2) is 4.79 Å². The Morgan fingerprint density at radius 3 is 1.82 bits per heavy atom. The largest absolute Gasteiger partial charge is 0.464 e. The Labute approximate surface area is 220 Å². The maximum Gasteiger partial charge on any atom is 0.328 e. The first-order chi connectivity index (χ1) is 18.6. The fourth-order valence-electron chi connectivity index (χ4n) is 2.92. The lowest BCUT2D eigenvalue weighted by molar-refractivity contribution is -0.757. The van der Waals surface area contributed by atoms with Gasteiger partial charge < -0.3 is 29.3 Å². The summed E-state index contributed by atoms with van der Waals surface area (Å²) in [6.07, 6.45) is 0.373. The van der Waals surface area contributed by atoms with Gasteiger partial charge in [0.2, 0.25) is 5.91 Å². The number of unbranched alkanes of at least 4 members (excludes halogenated alkanes) is 1. The molecule has 1 rings (SSSR count). The van der Waals surface area contributed by atoms with Crippen molar-refractivity contribution in [3.63, 3.8) is 0 Å². The van der Waals surface area contributed by atoms with Crippen LogP contribution in [0.25, 0.3) is 0 Å². The predicted octanol–water partition coefficient (Wildman–Crippen LogP) is 1.13. The fourth-order valence-corrected chi connectivity index (χ4v) is 2.92. The van der Waals surface area contributed by atoms with Gasteiger partial charge in [-0.2, -0.15) is 0 Å². The molecular formula is C21H28N4O14. The molecule has 18 nitrogen and oxygen atoms in total. The molecule has 0 bridgehead atoms. The third kappa shape index (κ3) is 16.6. The SMILES string of the molecule is O=C(CCCO[N+](=O)[O-])NC(Cc1ccc(OC(=O)CCCO[N+](=O)[O-])cc1)C(=O)OCCCCO[N+](=O)[O-]. The van der Waals surface area contributed by atoms with Crippen molar-refractivity contribution in [3.8, 4) is 5.75 Å². The topological polar surface area (TPSA) is 239 Å². The summed E-state index contributed by atoms with van der Waals surface area (Å²) in [5.41, 5.74) is 0.562.